The Labute approximate surface area is 131 Å². The maximum absolute atomic E-state index is 10.4. The Morgan fingerprint density at radius 2 is 1.48 bits per heavy atom. The summed E-state index contributed by atoms with van der Waals surface area (Å²) in [6.45, 7) is 0. The third kappa shape index (κ3) is 8.55. The smallest absolute Gasteiger partial charge is 0.302 e. The summed E-state index contributed by atoms with van der Waals surface area (Å²) in [5, 5.41) is 0.989. The molecule has 23 heavy (non-hydrogen) atoms. The van der Waals surface area contributed by atoms with Crippen molar-refractivity contribution in [1.82, 2.24) is 9.97 Å². The molecule has 0 saturated heterocycles. The minimum Gasteiger partial charge on any atom is -0.302 e. The molecule has 0 aromatic carbocycles. The molecule has 0 aliphatic carbocycles. The number of aromatic nitrogens is 2. The van der Waals surface area contributed by atoms with Gasteiger partial charge in [0.25, 0.3) is 0 Å². The summed E-state index contributed by atoms with van der Waals surface area (Å²) in [6, 6.07) is 0. The van der Waals surface area contributed by atoms with Gasteiger partial charge in [-0.3, -0.25) is 0 Å². The zero-order valence-corrected chi connectivity index (χ0v) is 14.0. The van der Waals surface area contributed by atoms with E-state index in [2.05, 4.69) is 28.6 Å². The number of hydrogen-bond acceptors (Lipinski definition) is 8. The van der Waals surface area contributed by atoms with Gasteiger partial charge in [-0.15, -0.1) is 0 Å². The molecule has 2 heterocycles. The van der Waals surface area contributed by atoms with Gasteiger partial charge in [0, 0.05) is 0 Å². The van der Waals surface area contributed by atoms with Crippen LogP contribution in [0, 0.1) is 0 Å². The molecule has 2 rings (SSSR count). The Bertz CT molecular complexity index is 796. The van der Waals surface area contributed by atoms with Gasteiger partial charge in [-0.1, -0.05) is 0 Å². The average molecular weight is 408 g/mol. The first-order valence-electron chi connectivity index (χ1n) is 4.91. The summed E-state index contributed by atoms with van der Waals surface area (Å²) in [4.78, 5) is 55.6. The van der Waals surface area contributed by atoms with Crippen molar-refractivity contribution in [3.05, 3.63) is 23.4 Å². The monoisotopic (exact) mass is 408 g/mol. The molecule has 5 N–H and O–H groups in total. The molecule has 0 atom stereocenters. The predicted molar refractivity (Wildman–Crippen MR) is 73.0 cm³/mol. The van der Waals surface area contributed by atoms with Gasteiger partial charge >= 0.3 is 23.5 Å². The molecule has 1 aromatic heterocycles. The number of hydrogen-bond donors (Lipinski definition) is 5. The molecule has 1 aromatic rings. The van der Waals surface area contributed by atoms with Crippen LogP contribution in [0.2, 0.25) is 0 Å². The number of thiocarbonyl (C=S) groups is 1. The lowest BCUT2D eigenvalue weighted by Gasteiger charge is -2.11. The molecule has 0 unspecified atom stereocenters. The molecule has 1 aliphatic heterocycles. The summed E-state index contributed by atoms with van der Waals surface area (Å²) >= 11 is 4.72. The van der Waals surface area contributed by atoms with Crippen molar-refractivity contribution in [1.29, 1.82) is 0 Å². The van der Waals surface area contributed by atoms with Crippen LogP contribution in [0.1, 0.15) is 0 Å². The fraction of sp³-hybridized carbons (Fsp3) is 0. The molecular formula is C5H7N4O10P3S. The SMILES string of the molecule is O=P(O)(O)OP(=O)(O)OP(=O)(O)O.S=C1N=c2cncnc2=N1. The van der Waals surface area contributed by atoms with Crippen LogP contribution in [0.5, 0.6) is 0 Å². The molecule has 1 aliphatic rings. The minimum atomic E-state index is -5.46. The van der Waals surface area contributed by atoms with Crippen LogP contribution in [-0.4, -0.2) is 39.5 Å². The molecule has 18 heteroatoms. The Kier molecular flexibility index (Phi) is 6.49. The largest absolute Gasteiger partial charge is 0.490 e. The van der Waals surface area contributed by atoms with Crippen molar-refractivity contribution in [3.63, 3.8) is 0 Å². The van der Waals surface area contributed by atoms with Gasteiger partial charge < -0.3 is 24.5 Å². The van der Waals surface area contributed by atoms with E-state index >= 15 is 0 Å². The summed E-state index contributed by atoms with van der Waals surface area (Å²) < 4.78 is 36.4. The maximum atomic E-state index is 10.4. The normalized spacial score (nSPS) is 14.2. The van der Waals surface area contributed by atoms with Crippen molar-refractivity contribution >= 4 is 40.8 Å². The fourth-order valence-corrected chi connectivity index (χ4v) is 3.71. The third-order valence-electron chi connectivity index (χ3n) is 1.51. The highest BCUT2D eigenvalue weighted by Crippen LogP contribution is 2.64. The zero-order valence-electron chi connectivity index (χ0n) is 10.5. The topological polar surface area (TPSA) is 221 Å². The molecule has 0 bridgehead atoms. The van der Waals surface area contributed by atoms with E-state index in [1.54, 1.807) is 6.20 Å². The van der Waals surface area contributed by atoms with E-state index < -0.39 is 23.5 Å². The van der Waals surface area contributed by atoms with Crippen molar-refractivity contribution in [2.24, 2.45) is 9.98 Å². The van der Waals surface area contributed by atoms with Gasteiger partial charge in [-0.2, -0.15) is 13.6 Å². The predicted octanol–water partition coefficient (Wildman–Crippen LogP) is -1.68. The minimum absolute atomic E-state index is 0.329. The van der Waals surface area contributed by atoms with E-state index in [1.807, 2.05) is 0 Å². The van der Waals surface area contributed by atoms with E-state index in [-0.39, 0.29) is 0 Å². The summed E-state index contributed by atoms with van der Waals surface area (Å²) in [5.74, 6) is 0. The number of phosphoric acid groups is 3. The summed E-state index contributed by atoms with van der Waals surface area (Å²) in [6.07, 6.45) is 3.01. The van der Waals surface area contributed by atoms with Gasteiger partial charge in [0.1, 0.15) is 11.7 Å². The number of rotatable bonds is 4. The van der Waals surface area contributed by atoms with E-state index in [0.717, 1.165) is 0 Å². The van der Waals surface area contributed by atoms with Crippen LogP contribution in [0.25, 0.3) is 0 Å². The molecule has 0 amide bonds. The van der Waals surface area contributed by atoms with E-state index in [0.29, 0.717) is 16.0 Å². The fourth-order valence-electron chi connectivity index (χ4n) is 0.983. The molecule has 0 saturated carbocycles. The quantitative estimate of drug-likeness (QED) is 0.278. The molecular weight excluding hydrogens is 401 g/mol. The Morgan fingerprint density at radius 3 is 1.91 bits per heavy atom. The molecule has 0 radical (unpaired) electrons. The standard InChI is InChI=1S/C5H2N4S.H5O10P3/c10-5-8-3-1-6-2-7-4(3)9-5;1-11(2,3)9-13(7,8)10-12(4,5)6/h1-2H;(H,7,8)(H2,1,2,3)(H2,4,5,6). The Morgan fingerprint density at radius 1 is 0.957 bits per heavy atom. The summed E-state index contributed by atoms with van der Waals surface area (Å²) in [7, 11) is -16.2. The van der Waals surface area contributed by atoms with Gasteiger partial charge in [0.05, 0.1) is 6.20 Å². The lowest BCUT2D eigenvalue weighted by Crippen LogP contribution is -2.25. The van der Waals surface area contributed by atoms with Crippen molar-refractivity contribution in [2.75, 3.05) is 0 Å². The van der Waals surface area contributed by atoms with Gasteiger partial charge in [-0.25, -0.2) is 28.7 Å². The first-order valence-corrected chi connectivity index (χ1v) is 9.88. The van der Waals surface area contributed by atoms with Crippen LogP contribution < -0.4 is 10.8 Å². The Hall–Kier alpha value is -0.820. The third-order valence-corrected chi connectivity index (χ3v) is 5.04. The first kappa shape index (κ1) is 20.2. The van der Waals surface area contributed by atoms with Crippen LogP contribution in [-0.2, 0) is 22.3 Å². The van der Waals surface area contributed by atoms with Crippen molar-refractivity contribution in [3.8, 4) is 0 Å². The molecule has 128 valence electrons. The van der Waals surface area contributed by atoms with Gasteiger partial charge in [-0.05, 0) is 12.2 Å². The second kappa shape index (κ2) is 7.38. The van der Waals surface area contributed by atoms with Crippen LogP contribution >= 0.6 is 35.7 Å². The van der Waals surface area contributed by atoms with Crippen molar-refractivity contribution < 1.29 is 46.8 Å². The molecule has 0 fully saturated rings. The Balaban J connectivity index is 0.000000235. The highest BCUT2D eigenvalue weighted by Gasteiger charge is 2.38. The average Bonchev–Trinajstić information content (AvgIpc) is 2.62. The van der Waals surface area contributed by atoms with Gasteiger partial charge in [0.15, 0.2) is 5.49 Å². The van der Waals surface area contributed by atoms with Crippen LogP contribution in [0.4, 0.5) is 0 Å². The van der Waals surface area contributed by atoms with Gasteiger partial charge in [0.2, 0.25) is 5.11 Å². The van der Waals surface area contributed by atoms with Crippen LogP contribution in [0.15, 0.2) is 22.5 Å². The highest BCUT2D eigenvalue weighted by molar-refractivity contribution is 7.80. The van der Waals surface area contributed by atoms with E-state index in [1.165, 1.54) is 6.33 Å². The number of nitrogens with zero attached hydrogens (tertiary/aromatic N) is 4. The van der Waals surface area contributed by atoms with Crippen LogP contribution in [0.3, 0.4) is 0 Å². The lowest BCUT2D eigenvalue weighted by molar-refractivity contribution is 0.204. The highest BCUT2D eigenvalue weighted by atomic mass is 32.1. The maximum Gasteiger partial charge on any atom is 0.490 e. The lowest BCUT2D eigenvalue weighted by atomic mass is 10.6. The first-order chi connectivity index (χ1) is 10.3. The second-order valence-electron chi connectivity index (χ2n) is 3.35. The van der Waals surface area contributed by atoms with Crippen molar-refractivity contribution in [2.45, 2.75) is 0 Å². The van der Waals surface area contributed by atoms with E-state index in [4.69, 9.17) is 36.7 Å². The van der Waals surface area contributed by atoms with E-state index in [9.17, 15) is 13.7 Å². The second-order valence-corrected chi connectivity index (χ2v) is 7.92. The number of fused-ring (bicyclic) bond motifs is 1. The molecule has 0 spiro atoms. The zero-order chi connectivity index (χ0) is 17.9. The summed E-state index contributed by atoms with van der Waals surface area (Å²) in [5.41, 5.74) is 0.569. The molecule has 14 nitrogen and oxygen atoms in total.